The third-order valence-corrected chi connectivity index (χ3v) is 1.25. The molecule has 0 bridgehead atoms. The number of aromatic nitrogens is 2. The number of hydrogen-bond acceptors (Lipinski definition) is 4. The molecule has 2 N–H and O–H groups in total. The van der Waals surface area contributed by atoms with Gasteiger partial charge in [-0.3, -0.25) is 0 Å². The van der Waals surface area contributed by atoms with Gasteiger partial charge in [0, 0.05) is 6.54 Å². The molecule has 0 radical (unpaired) electrons. The van der Waals surface area contributed by atoms with Crippen molar-refractivity contribution in [2.75, 3.05) is 6.54 Å². The van der Waals surface area contributed by atoms with E-state index in [1.807, 2.05) is 0 Å². The maximum absolute atomic E-state index is 10.3. The van der Waals surface area contributed by atoms with E-state index in [1.165, 1.54) is 17.1 Å². The maximum Gasteiger partial charge on any atom is 0.342 e. The van der Waals surface area contributed by atoms with Gasteiger partial charge in [-0.2, -0.15) is 0 Å². The fourth-order valence-electron chi connectivity index (χ4n) is 0.777. The summed E-state index contributed by atoms with van der Waals surface area (Å²) in [5.41, 5.74) is 5.22. The summed E-state index contributed by atoms with van der Waals surface area (Å²) >= 11 is 0. The standard InChI is InChI=1S/C5H8N4O2/c6-1-2-8-4-7-3-5(8)9(10)11/h3-4H,1-2,6H2. The Labute approximate surface area is 62.8 Å². The number of rotatable bonds is 3. The minimum atomic E-state index is -0.483. The molecule has 0 amide bonds. The van der Waals surface area contributed by atoms with Crippen molar-refractivity contribution < 1.29 is 4.92 Å². The van der Waals surface area contributed by atoms with E-state index in [0.717, 1.165) is 0 Å². The molecule has 0 saturated carbocycles. The van der Waals surface area contributed by atoms with Crippen LogP contribution in [0.25, 0.3) is 0 Å². The van der Waals surface area contributed by atoms with E-state index in [1.54, 1.807) is 0 Å². The second-order valence-corrected chi connectivity index (χ2v) is 1.99. The third-order valence-electron chi connectivity index (χ3n) is 1.25. The number of imidazole rings is 1. The molecule has 1 aromatic rings. The molecule has 6 nitrogen and oxygen atoms in total. The Morgan fingerprint density at radius 3 is 3.09 bits per heavy atom. The summed E-state index contributed by atoms with van der Waals surface area (Å²) in [7, 11) is 0. The first-order valence-corrected chi connectivity index (χ1v) is 3.10. The van der Waals surface area contributed by atoms with Gasteiger partial charge in [0.2, 0.25) is 0 Å². The topological polar surface area (TPSA) is 87.0 Å². The SMILES string of the molecule is NCCn1cncc1[N+](=O)[O-]. The molecule has 0 aliphatic heterocycles. The molecule has 0 fully saturated rings. The average Bonchev–Trinajstić information content (AvgIpc) is 2.36. The summed E-state index contributed by atoms with van der Waals surface area (Å²) in [6, 6.07) is 0. The van der Waals surface area contributed by atoms with Gasteiger partial charge in [-0.25, -0.2) is 9.55 Å². The van der Waals surface area contributed by atoms with Gasteiger partial charge in [0.15, 0.2) is 6.33 Å². The van der Waals surface area contributed by atoms with Gasteiger partial charge >= 0.3 is 5.82 Å². The predicted octanol–water partition coefficient (Wildman–Crippen LogP) is -0.250. The quantitative estimate of drug-likeness (QED) is 0.482. The van der Waals surface area contributed by atoms with Crippen molar-refractivity contribution in [3.05, 3.63) is 22.6 Å². The first-order valence-electron chi connectivity index (χ1n) is 3.10. The van der Waals surface area contributed by atoms with Gasteiger partial charge < -0.3 is 15.8 Å². The van der Waals surface area contributed by atoms with E-state index in [0.29, 0.717) is 13.1 Å². The smallest absolute Gasteiger partial charge is 0.342 e. The molecular weight excluding hydrogens is 148 g/mol. The molecule has 11 heavy (non-hydrogen) atoms. The van der Waals surface area contributed by atoms with E-state index < -0.39 is 4.92 Å². The van der Waals surface area contributed by atoms with Crippen LogP contribution in [0.1, 0.15) is 0 Å². The van der Waals surface area contributed by atoms with Crippen LogP contribution in [0.5, 0.6) is 0 Å². The van der Waals surface area contributed by atoms with Crippen molar-refractivity contribution in [2.24, 2.45) is 5.73 Å². The van der Waals surface area contributed by atoms with Crippen molar-refractivity contribution in [2.45, 2.75) is 6.54 Å². The molecule has 0 saturated heterocycles. The predicted molar refractivity (Wildman–Crippen MR) is 37.9 cm³/mol. The second-order valence-electron chi connectivity index (χ2n) is 1.99. The van der Waals surface area contributed by atoms with Crippen LogP contribution in [0.2, 0.25) is 0 Å². The number of hydrogen-bond donors (Lipinski definition) is 1. The van der Waals surface area contributed by atoms with Crippen LogP contribution < -0.4 is 5.73 Å². The maximum atomic E-state index is 10.3. The zero-order valence-electron chi connectivity index (χ0n) is 5.80. The lowest BCUT2D eigenvalue weighted by atomic mass is 10.6. The molecule has 6 heteroatoms. The van der Waals surface area contributed by atoms with Gasteiger partial charge in [0.05, 0.1) is 0 Å². The molecule has 1 heterocycles. The lowest BCUT2D eigenvalue weighted by molar-refractivity contribution is -0.392. The van der Waals surface area contributed by atoms with Crippen molar-refractivity contribution in [3.8, 4) is 0 Å². The fourth-order valence-corrected chi connectivity index (χ4v) is 0.777. The molecule has 1 rings (SSSR count). The number of nitro groups is 1. The first kappa shape index (κ1) is 7.67. The zero-order chi connectivity index (χ0) is 8.27. The lowest BCUT2D eigenvalue weighted by Gasteiger charge is -1.96. The Morgan fingerprint density at radius 1 is 1.82 bits per heavy atom. The summed E-state index contributed by atoms with van der Waals surface area (Å²) in [6.07, 6.45) is 2.60. The van der Waals surface area contributed by atoms with Crippen LogP contribution in [0.15, 0.2) is 12.5 Å². The van der Waals surface area contributed by atoms with E-state index in [4.69, 9.17) is 5.73 Å². The van der Waals surface area contributed by atoms with Crippen molar-refractivity contribution in [1.29, 1.82) is 0 Å². The molecule has 0 aliphatic rings. The lowest BCUT2D eigenvalue weighted by Crippen LogP contribution is -2.10. The number of nitrogens with zero attached hydrogens (tertiary/aromatic N) is 3. The monoisotopic (exact) mass is 156 g/mol. The van der Waals surface area contributed by atoms with Crippen LogP contribution in [-0.4, -0.2) is 21.0 Å². The Bertz CT molecular complexity index is 257. The Hall–Kier alpha value is -1.43. The van der Waals surface area contributed by atoms with Crippen molar-refractivity contribution in [1.82, 2.24) is 9.55 Å². The molecule has 0 aromatic carbocycles. The van der Waals surface area contributed by atoms with Crippen LogP contribution >= 0.6 is 0 Å². The highest BCUT2D eigenvalue weighted by Crippen LogP contribution is 2.07. The van der Waals surface area contributed by atoms with Crippen LogP contribution in [0.3, 0.4) is 0 Å². The van der Waals surface area contributed by atoms with Crippen LogP contribution in [0.4, 0.5) is 5.82 Å². The van der Waals surface area contributed by atoms with Crippen LogP contribution in [-0.2, 0) is 6.54 Å². The second kappa shape index (κ2) is 3.11. The normalized spacial score (nSPS) is 9.91. The molecule has 1 aromatic heterocycles. The average molecular weight is 156 g/mol. The third kappa shape index (κ3) is 1.53. The minimum Gasteiger partial charge on any atom is -0.358 e. The van der Waals surface area contributed by atoms with E-state index in [-0.39, 0.29) is 5.82 Å². The van der Waals surface area contributed by atoms with Gasteiger partial charge in [0.25, 0.3) is 0 Å². The summed E-state index contributed by atoms with van der Waals surface area (Å²) in [5, 5.41) is 10.3. The van der Waals surface area contributed by atoms with Gasteiger partial charge in [-0.1, -0.05) is 0 Å². The van der Waals surface area contributed by atoms with Gasteiger partial charge in [0.1, 0.15) is 12.7 Å². The van der Waals surface area contributed by atoms with Gasteiger partial charge in [-0.05, 0) is 4.92 Å². The van der Waals surface area contributed by atoms with Crippen molar-refractivity contribution >= 4 is 5.82 Å². The summed E-state index contributed by atoms with van der Waals surface area (Å²) in [5.74, 6) is -0.0181. The molecule has 0 spiro atoms. The Balaban J connectivity index is 2.87. The minimum absolute atomic E-state index is 0.0181. The highest BCUT2D eigenvalue weighted by Gasteiger charge is 2.10. The molecular formula is C5H8N4O2. The Morgan fingerprint density at radius 2 is 2.55 bits per heavy atom. The van der Waals surface area contributed by atoms with Crippen LogP contribution in [0, 0.1) is 10.1 Å². The first-order chi connectivity index (χ1) is 5.25. The number of nitrogens with two attached hydrogens (primary N) is 1. The molecule has 0 unspecified atom stereocenters. The van der Waals surface area contributed by atoms with E-state index in [9.17, 15) is 10.1 Å². The molecule has 60 valence electrons. The summed E-state index contributed by atoms with van der Waals surface area (Å²) in [4.78, 5) is 13.4. The summed E-state index contributed by atoms with van der Waals surface area (Å²) < 4.78 is 1.40. The van der Waals surface area contributed by atoms with Gasteiger partial charge in [-0.15, -0.1) is 0 Å². The van der Waals surface area contributed by atoms with E-state index in [2.05, 4.69) is 4.98 Å². The van der Waals surface area contributed by atoms with E-state index >= 15 is 0 Å². The highest BCUT2D eigenvalue weighted by atomic mass is 16.6. The summed E-state index contributed by atoms with van der Waals surface area (Å²) in [6.45, 7) is 0.799. The van der Waals surface area contributed by atoms with Crippen molar-refractivity contribution in [3.63, 3.8) is 0 Å². The Kier molecular flexibility index (Phi) is 2.17. The zero-order valence-corrected chi connectivity index (χ0v) is 5.80. The molecule has 0 atom stereocenters. The fraction of sp³-hybridized carbons (Fsp3) is 0.400. The molecule has 0 aliphatic carbocycles. The largest absolute Gasteiger partial charge is 0.358 e. The highest BCUT2D eigenvalue weighted by molar-refractivity contribution is 5.14.